The Morgan fingerprint density at radius 2 is 1.78 bits per heavy atom. The number of anilines is 1. The lowest BCUT2D eigenvalue weighted by Crippen LogP contribution is -2.45. The molecule has 1 fully saturated rings. The van der Waals surface area contributed by atoms with E-state index >= 15 is 0 Å². The number of likely N-dealkylation sites (N-methyl/N-ethyl adjacent to an activating group) is 1. The van der Waals surface area contributed by atoms with Gasteiger partial charge in [-0.25, -0.2) is 23.1 Å². The second-order valence-corrected chi connectivity index (χ2v) is 17.3. The summed E-state index contributed by atoms with van der Waals surface area (Å²) in [5, 5.41) is 9.01. The standard InChI is InChI=1S/C41H51N9O4S/c1-8-30-25-49(55(52,53)35-13-11-10-12-34(35)54-30)24-29-22-28(15-14-26(29)3)36(31-16-17-33-37(27(31)4)45-46-50(33)9-2)41(5,6)38-32(39(42)51)23-43-40(44-38)48-20-18-47(7)19-21-48/h10-17,22-23,30,36H,8-9,18-21,24-25H2,1-7H3,(H2,42,51)/t30-,36+/m1/s1. The number of ether oxygens (including phenoxy) is 1. The third-order valence-electron chi connectivity index (χ3n) is 11.4. The van der Waals surface area contributed by atoms with E-state index in [1.54, 1.807) is 30.5 Å². The maximum atomic E-state index is 14.2. The van der Waals surface area contributed by atoms with Gasteiger partial charge in [-0.15, -0.1) is 5.10 Å². The minimum absolute atomic E-state index is 0.153. The van der Waals surface area contributed by atoms with Gasteiger partial charge in [0.1, 0.15) is 22.3 Å². The van der Waals surface area contributed by atoms with E-state index in [4.69, 9.17) is 15.5 Å². The van der Waals surface area contributed by atoms with Crippen LogP contribution in [0, 0.1) is 13.8 Å². The van der Waals surface area contributed by atoms with Gasteiger partial charge in [-0.05, 0) is 80.3 Å². The Kier molecular flexibility index (Phi) is 10.4. The van der Waals surface area contributed by atoms with Crippen molar-refractivity contribution in [1.82, 2.24) is 34.2 Å². The molecular formula is C41H51N9O4S. The van der Waals surface area contributed by atoms with E-state index in [1.807, 2.05) is 31.5 Å². The van der Waals surface area contributed by atoms with Crippen molar-refractivity contribution < 1.29 is 17.9 Å². The van der Waals surface area contributed by atoms with Crippen molar-refractivity contribution in [2.45, 2.75) is 83.4 Å². The summed E-state index contributed by atoms with van der Waals surface area (Å²) >= 11 is 0. The number of hydrogen-bond acceptors (Lipinski definition) is 10. The predicted octanol–water partition coefficient (Wildman–Crippen LogP) is 5.18. The fourth-order valence-corrected chi connectivity index (χ4v) is 9.66. The number of sulfonamides is 1. The van der Waals surface area contributed by atoms with Crippen molar-refractivity contribution in [3.05, 3.63) is 99.9 Å². The minimum atomic E-state index is -3.88. The Labute approximate surface area is 323 Å². The van der Waals surface area contributed by atoms with E-state index in [0.717, 1.165) is 65.0 Å². The second kappa shape index (κ2) is 15.0. The lowest BCUT2D eigenvalue weighted by atomic mass is 9.67. The van der Waals surface area contributed by atoms with Crippen LogP contribution in [0.1, 0.15) is 83.9 Å². The number of primary amides is 1. The number of amides is 1. The first-order valence-electron chi connectivity index (χ1n) is 19.0. The maximum absolute atomic E-state index is 14.2. The average Bonchev–Trinajstić information content (AvgIpc) is 3.56. The van der Waals surface area contributed by atoms with Gasteiger partial charge >= 0.3 is 0 Å². The molecule has 5 aromatic rings. The lowest BCUT2D eigenvalue weighted by molar-refractivity contribution is 0.0996. The number of carbonyl (C=O) groups is 1. The molecule has 2 aliphatic heterocycles. The van der Waals surface area contributed by atoms with Crippen molar-refractivity contribution in [3.63, 3.8) is 0 Å². The molecular weight excluding hydrogens is 715 g/mol. The van der Waals surface area contributed by atoms with E-state index in [1.165, 1.54) is 4.31 Å². The summed E-state index contributed by atoms with van der Waals surface area (Å²) in [4.78, 5) is 27.5. The van der Waals surface area contributed by atoms with Crippen molar-refractivity contribution in [2.24, 2.45) is 5.73 Å². The number of nitrogens with zero attached hydrogens (tertiary/aromatic N) is 8. The quantitative estimate of drug-likeness (QED) is 0.201. The SMILES string of the molecule is CC[C@@H]1CN(Cc2cc([C@@H](c3ccc4c(nnn4CC)c3C)C(C)(C)c3nc(N4CCN(C)CC4)ncc3C(N)=O)ccc2C)S(=O)(=O)c2ccccc2O1. The number of aromatic nitrogens is 5. The normalized spacial score (nSPS) is 18.5. The van der Waals surface area contributed by atoms with Crippen LogP contribution >= 0.6 is 0 Å². The predicted molar refractivity (Wildman–Crippen MR) is 213 cm³/mol. The molecule has 4 heterocycles. The van der Waals surface area contributed by atoms with Gasteiger partial charge in [0.25, 0.3) is 5.91 Å². The van der Waals surface area contributed by atoms with Crippen LogP contribution < -0.4 is 15.4 Å². The molecule has 2 N–H and O–H groups in total. The first-order valence-corrected chi connectivity index (χ1v) is 20.5. The first kappa shape index (κ1) is 38.4. The molecule has 0 unspecified atom stereocenters. The molecule has 0 bridgehead atoms. The Hall–Kier alpha value is -4.92. The number of aryl methyl sites for hydroxylation is 3. The fourth-order valence-electron chi connectivity index (χ4n) is 8.09. The summed E-state index contributed by atoms with van der Waals surface area (Å²) in [5.74, 6) is -0.0543. The van der Waals surface area contributed by atoms with Crippen LogP contribution in [0.15, 0.2) is 65.7 Å². The molecule has 0 saturated carbocycles. The largest absolute Gasteiger partial charge is 0.488 e. The van der Waals surface area contributed by atoms with E-state index in [9.17, 15) is 13.2 Å². The number of rotatable bonds is 10. The molecule has 7 rings (SSSR count). The van der Waals surface area contributed by atoms with Gasteiger partial charge in [0.2, 0.25) is 16.0 Å². The number of para-hydroxylation sites is 1. The number of carbonyl (C=O) groups excluding carboxylic acids is 1. The summed E-state index contributed by atoms with van der Waals surface area (Å²) < 4.78 is 38.1. The van der Waals surface area contributed by atoms with Gasteiger partial charge in [0.15, 0.2) is 0 Å². The lowest BCUT2D eigenvalue weighted by Gasteiger charge is -2.38. The molecule has 290 valence electrons. The number of hydrogen-bond donors (Lipinski definition) is 1. The van der Waals surface area contributed by atoms with Gasteiger partial charge in [-0.1, -0.05) is 62.4 Å². The zero-order valence-corrected chi connectivity index (χ0v) is 33.6. The van der Waals surface area contributed by atoms with E-state index in [-0.39, 0.29) is 35.6 Å². The van der Waals surface area contributed by atoms with Crippen LogP contribution in [0.5, 0.6) is 5.75 Å². The highest BCUT2D eigenvalue weighted by atomic mass is 32.2. The molecule has 2 atom stereocenters. The van der Waals surface area contributed by atoms with Gasteiger partial charge in [-0.3, -0.25) is 4.79 Å². The molecule has 1 amide bonds. The molecule has 0 radical (unpaired) electrons. The van der Waals surface area contributed by atoms with Gasteiger partial charge in [-0.2, -0.15) is 4.31 Å². The molecule has 2 aliphatic rings. The second-order valence-electron chi connectivity index (χ2n) is 15.4. The molecule has 1 saturated heterocycles. The zero-order valence-electron chi connectivity index (χ0n) is 32.8. The van der Waals surface area contributed by atoms with E-state index in [0.29, 0.717) is 30.4 Å². The smallest absolute Gasteiger partial charge is 0.252 e. The van der Waals surface area contributed by atoms with Crippen molar-refractivity contribution in [3.8, 4) is 5.75 Å². The highest BCUT2D eigenvalue weighted by molar-refractivity contribution is 7.89. The zero-order chi connectivity index (χ0) is 39.2. The molecule has 0 aliphatic carbocycles. The van der Waals surface area contributed by atoms with Crippen molar-refractivity contribution in [1.29, 1.82) is 0 Å². The van der Waals surface area contributed by atoms with Crippen LogP contribution in [0.4, 0.5) is 5.95 Å². The number of fused-ring (bicyclic) bond motifs is 2. The highest BCUT2D eigenvalue weighted by Crippen LogP contribution is 2.46. The number of benzene rings is 3. The summed E-state index contributed by atoms with van der Waals surface area (Å²) in [6, 6.07) is 17.3. The van der Waals surface area contributed by atoms with Gasteiger partial charge in [0, 0.05) is 56.8 Å². The average molecular weight is 766 g/mol. The molecule has 3 aromatic carbocycles. The molecule has 0 spiro atoms. The summed E-state index contributed by atoms with van der Waals surface area (Å²) in [6.45, 7) is 16.6. The molecule has 2 aromatic heterocycles. The van der Waals surface area contributed by atoms with E-state index < -0.39 is 21.3 Å². The van der Waals surface area contributed by atoms with E-state index in [2.05, 4.69) is 77.2 Å². The summed E-state index contributed by atoms with van der Waals surface area (Å²) in [7, 11) is -1.79. The first-order chi connectivity index (χ1) is 26.2. The van der Waals surface area contributed by atoms with Crippen molar-refractivity contribution in [2.75, 3.05) is 44.7 Å². The molecule has 13 nitrogen and oxygen atoms in total. The van der Waals surface area contributed by atoms with Crippen molar-refractivity contribution >= 4 is 32.9 Å². The van der Waals surface area contributed by atoms with Crippen LogP contribution in [-0.4, -0.2) is 94.4 Å². The van der Waals surface area contributed by atoms with Crippen LogP contribution in [0.3, 0.4) is 0 Å². The monoisotopic (exact) mass is 765 g/mol. The Morgan fingerprint density at radius 3 is 2.49 bits per heavy atom. The number of nitrogens with two attached hydrogens (primary N) is 1. The summed E-state index contributed by atoms with van der Waals surface area (Å²) in [6.07, 6.45) is 1.91. The van der Waals surface area contributed by atoms with Gasteiger partial charge in [0.05, 0.1) is 23.3 Å². The van der Waals surface area contributed by atoms with Crippen LogP contribution in [0.2, 0.25) is 0 Å². The fraction of sp³-hybridized carbons (Fsp3) is 0.439. The number of piperazine rings is 1. The third kappa shape index (κ3) is 7.07. The maximum Gasteiger partial charge on any atom is 0.252 e. The molecule has 14 heteroatoms. The minimum Gasteiger partial charge on any atom is -0.488 e. The van der Waals surface area contributed by atoms with Gasteiger partial charge < -0.3 is 20.3 Å². The topological polar surface area (TPSA) is 153 Å². The Balaban J connectivity index is 1.39. The third-order valence-corrected chi connectivity index (χ3v) is 13.3. The Bertz CT molecular complexity index is 2350. The Morgan fingerprint density at radius 1 is 1.04 bits per heavy atom. The van der Waals surface area contributed by atoms with Crippen LogP contribution in [0.25, 0.3) is 11.0 Å². The highest BCUT2D eigenvalue weighted by Gasteiger charge is 2.41. The molecule has 55 heavy (non-hydrogen) atoms. The summed E-state index contributed by atoms with van der Waals surface area (Å²) in [5.41, 5.74) is 12.5. The van der Waals surface area contributed by atoms with Crippen LogP contribution in [-0.2, 0) is 28.5 Å².